The summed E-state index contributed by atoms with van der Waals surface area (Å²) >= 11 is 0. The summed E-state index contributed by atoms with van der Waals surface area (Å²) in [5.41, 5.74) is 2.60. The fraction of sp³-hybridized carbons (Fsp3) is 0.207. The lowest BCUT2D eigenvalue weighted by Gasteiger charge is -2.13. The maximum Gasteiger partial charge on any atom is 0.513 e. The van der Waals surface area contributed by atoms with Crippen molar-refractivity contribution in [3.63, 3.8) is 0 Å². The number of nitrogens with zero attached hydrogens (tertiary/aromatic N) is 1. The van der Waals surface area contributed by atoms with Gasteiger partial charge in [-0.1, -0.05) is 24.3 Å². The Morgan fingerprint density at radius 1 is 0.846 bits per heavy atom. The molecule has 0 unspecified atom stereocenters. The Bertz CT molecular complexity index is 1350. The average molecular weight is 530 g/mol. The average Bonchev–Trinajstić information content (AvgIpc) is 3.18. The van der Waals surface area contributed by atoms with Gasteiger partial charge >= 0.3 is 6.16 Å². The molecular formula is C29H27N3O7. The summed E-state index contributed by atoms with van der Waals surface area (Å²) in [5, 5.41) is 5.60. The fourth-order valence-electron chi connectivity index (χ4n) is 3.97. The number of fused-ring (bicyclic) bond motifs is 1. The number of rotatable bonds is 10. The standard InChI is InChI=1S/C29H27N3O7/c1-2-38-29(37)39-22-15-11-20(12-16-22)26(34)30-18-19-9-13-21(14-10-19)31-25(33)8-5-17-32-27(35)23-6-3-4-7-24(23)28(32)36/h3-4,6-7,9-16H,2,5,8,17-18H2,1H3,(H,30,34)(H,31,33). The van der Waals surface area contributed by atoms with Gasteiger partial charge in [0.05, 0.1) is 17.7 Å². The van der Waals surface area contributed by atoms with Crippen molar-refractivity contribution in [2.75, 3.05) is 18.5 Å². The van der Waals surface area contributed by atoms with Crippen LogP contribution in [0.2, 0.25) is 0 Å². The predicted octanol–water partition coefficient (Wildman–Crippen LogP) is 4.17. The number of nitrogens with one attached hydrogen (secondary N) is 2. The lowest BCUT2D eigenvalue weighted by molar-refractivity contribution is -0.116. The second-order valence-corrected chi connectivity index (χ2v) is 8.65. The molecule has 0 bridgehead atoms. The Hall–Kier alpha value is -4.99. The summed E-state index contributed by atoms with van der Waals surface area (Å²) < 4.78 is 9.68. The number of carbonyl (C=O) groups excluding carboxylic acids is 5. The van der Waals surface area contributed by atoms with Crippen LogP contribution in [-0.2, 0) is 16.1 Å². The number of benzene rings is 3. The molecule has 1 heterocycles. The fourth-order valence-corrected chi connectivity index (χ4v) is 3.97. The van der Waals surface area contributed by atoms with Crippen molar-refractivity contribution in [1.82, 2.24) is 10.2 Å². The van der Waals surface area contributed by atoms with Crippen LogP contribution in [0, 0.1) is 0 Å². The van der Waals surface area contributed by atoms with E-state index in [2.05, 4.69) is 10.6 Å². The van der Waals surface area contributed by atoms with Gasteiger partial charge in [-0.15, -0.1) is 0 Å². The van der Waals surface area contributed by atoms with Crippen LogP contribution < -0.4 is 15.4 Å². The van der Waals surface area contributed by atoms with E-state index in [4.69, 9.17) is 9.47 Å². The van der Waals surface area contributed by atoms with Crippen LogP contribution in [0.15, 0.2) is 72.8 Å². The highest BCUT2D eigenvalue weighted by Crippen LogP contribution is 2.22. The Labute approximate surface area is 224 Å². The SMILES string of the molecule is CCOC(=O)Oc1ccc(C(=O)NCc2ccc(NC(=O)CCCN3C(=O)c4ccccc4C3=O)cc2)cc1. The van der Waals surface area contributed by atoms with Crippen molar-refractivity contribution in [2.24, 2.45) is 0 Å². The van der Waals surface area contributed by atoms with Gasteiger partial charge in [-0.2, -0.15) is 0 Å². The highest BCUT2D eigenvalue weighted by Gasteiger charge is 2.34. The number of imide groups is 1. The largest absolute Gasteiger partial charge is 0.513 e. The van der Waals surface area contributed by atoms with Crippen molar-refractivity contribution in [3.05, 3.63) is 95.1 Å². The van der Waals surface area contributed by atoms with E-state index in [0.29, 0.717) is 28.8 Å². The number of ether oxygens (including phenoxy) is 2. The first-order valence-corrected chi connectivity index (χ1v) is 12.4. The number of carbonyl (C=O) groups is 5. The smallest absolute Gasteiger partial charge is 0.434 e. The van der Waals surface area contributed by atoms with E-state index in [1.807, 2.05) is 0 Å². The molecule has 10 nitrogen and oxygen atoms in total. The second kappa shape index (κ2) is 12.5. The molecule has 0 radical (unpaired) electrons. The van der Waals surface area contributed by atoms with Crippen LogP contribution in [0.4, 0.5) is 10.5 Å². The molecule has 3 aromatic carbocycles. The molecule has 2 N–H and O–H groups in total. The zero-order chi connectivity index (χ0) is 27.8. The summed E-state index contributed by atoms with van der Waals surface area (Å²) in [6.45, 7) is 2.31. The molecule has 0 saturated heterocycles. The molecule has 0 aromatic heterocycles. The van der Waals surface area contributed by atoms with Crippen molar-refractivity contribution >= 4 is 35.5 Å². The molecular weight excluding hydrogens is 502 g/mol. The molecule has 0 fully saturated rings. The maximum atomic E-state index is 12.4. The molecule has 0 aliphatic carbocycles. The molecule has 1 aliphatic rings. The van der Waals surface area contributed by atoms with Gasteiger partial charge in [0.15, 0.2) is 0 Å². The van der Waals surface area contributed by atoms with E-state index in [1.165, 1.54) is 29.2 Å². The zero-order valence-electron chi connectivity index (χ0n) is 21.3. The molecule has 4 rings (SSSR count). The molecule has 10 heteroatoms. The van der Waals surface area contributed by atoms with Crippen LogP contribution >= 0.6 is 0 Å². The van der Waals surface area contributed by atoms with Crippen molar-refractivity contribution in [3.8, 4) is 5.75 Å². The van der Waals surface area contributed by atoms with Gasteiger partial charge in [0.2, 0.25) is 5.91 Å². The van der Waals surface area contributed by atoms with Gasteiger partial charge in [-0.05, 0) is 67.4 Å². The quantitative estimate of drug-likeness (QED) is 0.229. The molecule has 0 spiro atoms. The molecule has 0 saturated carbocycles. The van der Waals surface area contributed by atoms with Crippen LogP contribution in [0.5, 0.6) is 5.75 Å². The highest BCUT2D eigenvalue weighted by atomic mass is 16.7. The van der Waals surface area contributed by atoms with Gasteiger partial charge in [0.25, 0.3) is 17.7 Å². The third-order valence-corrected chi connectivity index (χ3v) is 5.93. The predicted molar refractivity (Wildman–Crippen MR) is 141 cm³/mol. The molecule has 0 atom stereocenters. The maximum absolute atomic E-state index is 12.4. The summed E-state index contributed by atoms with van der Waals surface area (Å²) in [5.74, 6) is -0.931. The van der Waals surface area contributed by atoms with E-state index >= 15 is 0 Å². The van der Waals surface area contributed by atoms with Gasteiger partial charge < -0.3 is 20.1 Å². The first-order valence-electron chi connectivity index (χ1n) is 12.4. The summed E-state index contributed by atoms with van der Waals surface area (Å²) in [4.78, 5) is 62.1. The van der Waals surface area contributed by atoms with E-state index < -0.39 is 6.16 Å². The normalized spacial score (nSPS) is 12.1. The first kappa shape index (κ1) is 27.1. The Morgan fingerprint density at radius 3 is 2.10 bits per heavy atom. The molecule has 4 amide bonds. The van der Waals surface area contributed by atoms with Gasteiger partial charge in [-0.25, -0.2) is 4.79 Å². The van der Waals surface area contributed by atoms with Crippen molar-refractivity contribution in [2.45, 2.75) is 26.3 Å². The topological polar surface area (TPSA) is 131 Å². The van der Waals surface area contributed by atoms with E-state index in [9.17, 15) is 24.0 Å². The molecule has 3 aromatic rings. The lowest BCUT2D eigenvalue weighted by Crippen LogP contribution is -2.31. The van der Waals surface area contributed by atoms with E-state index in [-0.39, 0.29) is 55.5 Å². The lowest BCUT2D eigenvalue weighted by atomic mass is 10.1. The minimum Gasteiger partial charge on any atom is -0.434 e. The monoisotopic (exact) mass is 529 g/mol. The van der Waals surface area contributed by atoms with Crippen LogP contribution in [0.3, 0.4) is 0 Å². The summed E-state index contributed by atoms with van der Waals surface area (Å²) in [6, 6.07) is 19.8. The second-order valence-electron chi connectivity index (χ2n) is 8.65. The number of amides is 4. The molecule has 39 heavy (non-hydrogen) atoms. The van der Waals surface area contributed by atoms with Crippen LogP contribution in [0.1, 0.15) is 56.4 Å². The number of hydrogen-bond donors (Lipinski definition) is 2. The number of anilines is 1. The molecule has 1 aliphatic heterocycles. The van der Waals surface area contributed by atoms with Gasteiger partial charge in [0.1, 0.15) is 5.75 Å². The molecule has 200 valence electrons. The van der Waals surface area contributed by atoms with Crippen molar-refractivity contribution < 1.29 is 33.4 Å². The van der Waals surface area contributed by atoms with Gasteiger partial charge in [-0.3, -0.25) is 24.1 Å². The Morgan fingerprint density at radius 2 is 1.49 bits per heavy atom. The van der Waals surface area contributed by atoms with E-state index in [0.717, 1.165) is 5.56 Å². The minimum atomic E-state index is -0.810. The van der Waals surface area contributed by atoms with E-state index in [1.54, 1.807) is 55.5 Å². The Kier molecular flexibility index (Phi) is 8.67. The first-order chi connectivity index (χ1) is 18.9. The summed E-state index contributed by atoms with van der Waals surface area (Å²) in [6.07, 6.45) is -0.317. The third kappa shape index (κ3) is 6.86. The zero-order valence-corrected chi connectivity index (χ0v) is 21.3. The third-order valence-electron chi connectivity index (χ3n) is 5.93. The summed E-state index contributed by atoms with van der Waals surface area (Å²) in [7, 11) is 0. The van der Waals surface area contributed by atoms with Crippen LogP contribution in [-0.4, -0.2) is 47.8 Å². The minimum absolute atomic E-state index is 0.148. The van der Waals surface area contributed by atoms with Crippen molar-refractivity contribution in [1.29, 1.82) is 0 Å². The van der Waals surface area contributed by atoms with Crippen LogP contribution in [0.25, 0.3) is 0 Å². The van der Waals surface area contributed by atoms with Gasteiger partial charge in [0, 0.05) is 30.8 Å². The number of hydrogen-bond acceptors (Lipinski definition) is 7. The highest BCUT2D eigenvalue weighted by molar-refractivity contribution is 6.21. The Balaban J connectivity index is 1.19.